The highest BCUT2D eigenvalue weighted by atomic mass is 16.5. The van der Waals surface area contributed by atoms with Crippen LogP contribution >= 0.6 is 0 Å². The summed E-state index contributed by atoms with van der Waals surface area (Å²) in [6, 6.07) is 8.18. The van der Waals surface area contributed by atoms with E-state index in [2.05, 4.69) is 43.1 Å². The Hall–Kier alpha value is -1.59. The lowest BCUT2D eigenvalue weighted by molar-refractivity contribution is -0.822. The summed E-state index contributed by atoms with van der Waals surface area (Å²) in [4.78, 5) is 15.4. The maximum absolute atomic E-state index is 12.9. The van der Waals surface area contributed by atoms with Crippen molar-refractivity contribution in [3.8, 4) is 5.75 Å². The van der Waals surface area contributed by atoms with Gasteiger partial charge >= 0.3 is 0 Å². The van der Waals surface area contributed by atoms with Crippen molar-refractivity contribution >= 4 is 5.91 Å². The maximum atomic E-state index is 12.9. The van der Waals surface area contributed by atoms with Gasteiger partial charge in [-0.3, -0.25) is 4.79 Å². The number of hydrogen-bond acceptors (Lipinski definition) is 3. The van der Waals surface area contributed by atoms with Gasteiger partial charge in [0.25, 0.3) is 5.91 Å². The normalized spacial score (nSPS) is 23.2. The van der Waals surface area contributed by atoms with E-state index in [4.69, 9.17) is 4.74 Å². The minimum absolute atomic E-state index is 0.197. The van der Waals surface area contributed by atoms with Gasteiger partial charge in [-0.2, -0.15) is 0 Å². The third kappa shape index (κ3) is 5.55. The number of amides is 1. The number of nitrogens with one attached hydrogen (secondary N) is 1. The number of likely N-dealkylation sites (tertiary alicyclic amines) is 1. The molecule has 2 saturated heterocycles. The van der Waals surface area contributed by atoms with E-state index in [1.807, 2.05) is 12.1 Å². The number of rotatable bonds is 12. The molecule has 0 spiro atoms. The number of quaternary nitrogens is 1. The zero-order valence-electron chi connectivity index (χ0n) is 19.4. The first-order chi connectivity index (χ1) is 14.5. The molecule has 1 N–H and O–H groups in total. The molecule has 1 atom stereocenters. The molecule has 1 aromatic carbocycles. The van der Waals surface area contributed by atoms with Crippen molar-refractivity contribution in [3.63, 3.8) is 0 Å². The molecular weight excluding hydrogens is 374 g/mol. The van der Waals surface area contributed by atoms with Crippen LogP contribution in [0, 0.1) is 0 Å². The van der Waals surface area contributed by atoms with Crippen molar-refractivity contribution in [2.75, 3.05) is 45.9 Å². The van der Waals surface area contributed by atoms with Crippen LogP contribution in [0.2, 0.25) is 0 Å². The fourth-order valence-corrected chi connectivity index (χ4v) is 5.20. The van der Waals surface area contributed by atoms with E-state index in [9.17, 15) is 4.79 Å². The number of nitrogens with zero attached hydrogens (tertiary/aromatic N) is 2. The molecule has 0 saturated carbocycles. The highest BCUT2D eigenvalue weighted by Gasteiger charge is 2.69. The fraction of sp³-hybridized carbons (Fsp3) is 0.720. The smallest absolute Gasteiger partial charge is 0.287 e. The van der Waals surface area contributed by atoms with Gasteiger partial charge in [-0.05, 0) is 62.9 Å². The first-order valence-electron chi connectivity index (χ1n) is 12.1. The first kappa shape index (κ1) is 23.1. The summed E-state index contributed by atoms with van der Waals surface area (Å²) < 4.78 is 6.86. The van der Waals surface area contributed by atoms with Crippen LogP contribution in [-0.2, 0) is 11.3 Å². The molecule has 5 heteroatoms. The standard InChI is InChI=1S/C25H41N3O2/c1-4-17-28(18-5-2)21-25(28,3)24(29)26-20-22-10-12-23(13-11-22)30-19-9-16-27-14-7-6-8-15-27/h10-13H,4-9,14-21H2,1-3H3/p+1. The van der Waals surface area contributed by atoms with E-state index in [0.29, 0.717) is 6.54 Å². The molecule has 1 unspecified atom stereocenters. The third-order valence-electron chi connectivity index (χ3n) is 7.06. The van der Waals surface area contributed by atoms with Crippen molar-refractivity contribution in [2.45, 2.75) is 71.4 Å². The molecule has 0 aliphatic carbocycles. The van der Waals surface area contributed by atoms with E-state index in [0.717, 1.165) is 67.8 Å². The Labute approximate surface area is 183 Å². The minimum atomic E-state index is -0.247. The lowest BCUT2D eigenvalue weighted by atomic mass is 10.1. The summed E-state index contributed by atoms with van der Waals surface area (Å²) >= 11 is 0. The zero-order chi connectivity index (χ0) is 21.5. The quantitative estimate of drug-likeness (QED) is 0.318. The van der Waals surface area contributed by atoms with Gasteiger partial charge in [0, 0.05) is 20.0 Å². The second-order valence-corrected chi connectivity index (χ2v) is 9.46. The van der Waals surface area contributed by atoms with Gasteiger partial charge in [0.1, 0.15) is 12.3 Å². The summed E-state index contributed by atoms with van der Waals surface area (Å²) in [6.45, 7) is 14.7. The lowest BCUT2D eigenvalue weighted by Crippen LogP contribution is -2.46. The average Bonchev–Trinajstić information content (AvgIpc) is 3.36. The van der Waals surface area contributed by atoms with Crippen LogP contribution in [-0.4, -0.2) is 66.7 Å². The van der Waals surface area contributed by atoms with E-state index in [-0.39, 0.29) is 11.4 Å². The Kier molecular flexibility index (Phi) is 8.18. The van der Waals surface area contributed by atoms with Crippen LogP contribution in [0.5, 0.6) is 5.75 Å². The van der Waals surface area contributed by atoms with Crippen molar-refractivity contribution in [1.29, 1.82) is 0 Å². The lowest BCUT2D eigenvalue weighted by Gasteiger charge is -2.26. The summed E-state index contributed by atoms with van der Waals surface area (Å²) in [5.74, 6) is 1.11. The maximum Gasteiger partial charge on any atom is 0.287 e. The molecule has 0 radical (unpaired) electrons. The molecule has 168 valence electrons. The predicted molar refractivity (Wildman–Crippen MR) is 123 cm³/mol. The van der Waals surface area contributed by atoms with Crippen molar-refractivity contribution in [2.24, 2.45) is 0 Å². The van der Waals surface area contributed by atoms with Crippen molar-refractivity contribution in [3.05, 3.63) is 29.8 Å². The van der Waals surface area contributed by atoms with E-state index >= 15 is 0 Å². The van der Waals surface area contributed by atoms with Gasteiger partial charge in [0.15, 0.2) is 0 Å². The molecule has 2 aliphatic rings. The predicted octanol–water partition coefficient (Wildman–Crippen LogP) is 3.97. The second kappa shape index (κ2) is 10.6. The summed E-state index contributed by atoms with van der Waals surface area (Å²) in [5, 5.41) is 3.18. The Morgan fingerprint density at radius 1 is 1.10 bits per heavy atom. The Balaban J connectivity index is 1.38. The molecule has 1 amide bonds. The van der Waals surface area contributed by atoms with Crippen LogP contribution in [0.25, 0.3) is 0 Å². The van der Waals surface area contributed by atoms with Crippen LogP contribution in [0.4, 0.5) is 0 Å². The zero-order valence-corrected chi connectivity index (χ0v) is 19.4. The van der Waals surface area contributed by atoms with E-state index in [1.54, 1.807) is 0 Å². The highest BCUT2D eigenvalue weighted by Crippen LogP contribution is 2.43. The van der Waals surface area contributed by atoms with Gasteiger partial charge in [-0.1, -0.05) is 32.4 Å². The van der Waals surface area contributed by atoms with Crippen molar-refractivity contribution in [1.82, 2.24) is 10.2 Å². The third-order valence-corrected chi connectivity index (χ3v) is 7.06. The van der Waals surface area contributed by atoms with Gasteiger partial charge in [0.2, 0.25) is 5.54 Å². The molecule has 5 nitrogen and oxygen atoms in total. The summed E-state index contributed by atoms with van der Waals surface area (Å²) in [6.07, 6.45) is 7.40. The van der Waals surface area contributed by atoms with Gasteiger partial charge < -0.3 is 19.4 Å². The fourth-order valence-electron chi connectivity index (χ4n) is 5.20. The first-order valence-corrected chi connectivity index (χ1v) is 12.1. The molecule has 30 heavy (non-hydrogen) atoms. The monoisotopic (exact) mass is 416 g/mol. The van der Waals surface area contributed by atoms with E-state index in [1.165, 1.54) is 32.4 Å². The molecule has 1 aromatic rings. The number of carbonyl (C=O) groups excluding carboxylic acids is 1. The molecule has 2 fully saturated rings. The highest BCUT2D eigenvalue weighted by molar-refractivity contribution is 5.86. The number of benzene rings is 1. The number of hydrogen-bond donors (Lipinski definition) is 1. The SMILES string of the molecule is CCC[N+]1(CCC)CC1(C)C(=O)NCc1ccc(OCCCN2CCCCC2)cc1. The van der Waals surface area contributed by atoms with Gasteiger partial charge in [-0.25, -0.2) is 0 Å². The van der Waals surface area contributed by atoms with Crippen LogP contribution in [0.1, 0.15) is 64.9 Å². The number of ether oxygens (including phenoxy) is 1. The topological polar surface area (TPSA) is 41.6 Å². The van der Waals surface area contributed by atoms with Gasteiger partial charge in [-0.15, -0.1) is 0 Å². The van der Waals surface area contributed by atoms with Crippen molar-refractivity contribution < 1.29 is 14.0 Å². The molecule has 2 aliphatic heterocycles. The second-order valence-electron chi connectivity index (χ2n) is 9.46. The molecule has 3 rings (SSSR count). The molecular formula is C25H42N3O2+. The van der Waals surface area contributed by atoms with Crippen LogP contribution < -0.4 is 10.1 Å². The van der Waals surface area contributed by atoms with Gasteiger partial charge in [0.05, 0.1) is 19.7 Å². The molecule has 0 bridgehead atoms. The summed E-state index contributed by atoms with van der Waals surface area (Å²) in [5.41, 5.74) is 0.876. The van der Waals surface area contributed by atoms with Crippen LogP contribution in [0.3, 0.4) is 0 Å². The van der Waals surface area contributed by atoms with Crippen LogP contribution in [0.15, 0.2) is 24.3 Å². The number of piperidine rings is 1. The summed E-state index contributed by atoms with van der Waals surface area (Å²) in [7, 11) is 0. The largest absolute Gasteiger partial charge is 0.494 e. The minimum Gasteiger partial charge on any atom is -0.494 e. The molecule has 0 aromatic heterocycles. The number of carbonyl (C=O) groups is 1. The Bertz CT molecular complexity index is 663. The Morgan fingerprint density at radius 2 is 1.77 bits per heavy atom. The Morgan fingerprint density at radius 3 is 2.40 bits per heavy atom. The van der Waals surface area contributed by atoms with E-state index < -0.39 is 0 Å². The molecule has 2 heterocycles. The average molecular weight is 417 g/mol.